The highest BCUT2D eigenvalue weighted by atomic mass is 32.2. The molecular formula is C25H31FN4O6S. The number of piperidine rings is 1. The van der Waals surface area contributed by atoms with Crippen LogP contribution in [-0.2, 0) is 19.3 Å². The third-order valence-corrected chi connectivity index (χ3v) is 8.31. The number of benzene rings is 1. The molecule has 2 aromatic rings. The minimum Gasteiger partial charge on any atom is -0.474 e. The standard InChI is InChI=1S/C25H31FN4O6S/c1-15-23(29-22-8-7-20(11-21(22)26)37(2,32)33)27-14-28-24(15)35-19-9-16-12-34-13-17(10-19)30(16)25(31)36-18-5-3-4-6-18/h7-8,11,14,16-19H,3-6,9-10,12-13H2,1-2H3,(H,27,28,29). The number of hydrogen-bond donors (Lipinski definition) is 1. The van der Waals surface area contributed by atoms with E-state index in [1.807, 2.05) is 4.90 Å². The monoisotopic (exact) mass is 534 g/mol. The Labute approximate surface area is 215 Å². The third kappa shape index (κ3) is 5.64. The molecular weight excluding hydrogens is 503 g/mol. The third-order valence-electron chi connectivity index (χ3n) is 7.20. The van der Waals surface area contributed by atoms with Gasteiger partial charge in [-0.25, -0.2) is 27.6 Å². The average Bonchev–Trinajstić information content (AvgIpc) is 3.34. The van der Waals surface area contributed by atoms with Crippen molar-refractivity contribution < 1.29 is 31.8 Å². The van der Waals surface area contributed by atoms with Crippen molar-refractivity contribution in [3.8, 4) is 5.88 Å². The number of nitrogens with one attached hydrogen (secondary N) is 1. The Morgan fingerprint density at radius 2 is 1.84 bits per heavy atom. The van der Waals surface area contributed by atoms with Crippen LogP contribution in [-0.4, -0.2) is 73.1 Å². The molecule has 0 radical (unpaired) electrons. The number of hydrogen-bond acceptors (Lipinski definition) is 9. The fourth-order valence-corrected chi connectivity index (χ4v) is 5.89. The number of carbonyl (C=O) groups excluding carboxylic acids is 1. The summed E-state index contributed by atoms with van der Waals surface area (Å²) in [5.74, 6) is -0.0122. The number of aromatic nitrogens is 2. The van der Waals surface area contributed by atoms with E-state index in [9.17, 15) is 17.6 Å². The molecule has 0 spiro atoms. The predicted molar refractivity (Wildman–Crippen MR) is 132 cm³/mol. The van der Waals surface area contributed by atoms with Crippen molar-refractivity contribution in [2.75, 3.05) is 24.8 Å². The lowest BCUT2D eigenvalue weighted by molar-refractivity contribution is -0.0945. The van der Waals surface area contributed by atoms with Gasteiger partial charge in [0, 0.05) is 19.1 Å². The Hall–Kier alpha value is -2.99. The molecule has 10 nitrogen and oxygen atoms in total. The fourth-order valence-electron chi connectivity index (χ4n) is 5.26. The van der Waals surface area contributed by atoms with Crippen LogP contribution in [0.5, 0.6) is 5.88 Å². The van der Waals surface area contributed by atoms with Gasteiger partial charge in [0.1, 0.15) is 30.2 Å². The van der Waals surface area contributed by atoms with Gasteiger partial charge in [0.25, 0.3) is 0 Å². The SMILES string of the molecule is Cc1c(Nc2ccc(S(C)(=O)=O)cc2F)ncnc1OC1CC2COCC(C1)N2C(=O)OC1CCCC1. The lowest BCUT2D eigenvalue weighted by Crippen LogP contribution is -2.61. The van der Waals surface area contributed by atoms with E-state index >= 15 is 0 Å². The van der Waals surface area contributed by atoms with Crippen LogP contribution >= 0.6 is 0 Å². The van der Waals surface area contributed by atoms with E-state index in [1.165, 1.54) is 18.5 Å². The molecule has 1 amide bonds. The largest absolute Gasteiger partial charge is 0.474 e. The molecule has 5 rings (SSSR count). The van der Waals surface area contributed by atoms with Crippen molar-refractivity contribution in [2.45, 2.75) is 74.6 Å². The minimum atomic E-state index is -3.52. The van der Waals surface area contributed by atoms with Gasteiger partial charge in [0.05, 0.1) is 41.4 Å². The van der Waals surface area contributed by atoms with Crippen LogP contribution in [0.2, 0.25) is 0 Å². The quantitative estimate of drug-likeness (QED) is 0.591. The van der Waals surface area contributed by atoms with Gasteiger partial charge in [-0.2, -0.15) is 0 Å². The average molecular weight is 535 g/mol. The Bertz CT molecular complexity index is 1260. The molecule has 1 saturated carbocycles. The Morgan fingerprint density at radius 1 is 1.14 bits per heavy atom. The number of carbonyl (C=O) groups is 1. The number of rotatable bonds is 6. The van der Waals surface area contributed by atoms with Crippen molar-refractivity contribution in [3.63, 3.8) is 0 Å². The van der Waals surface area contributed by atoms with Gasteiger partial charge in [-0.05, 0) is 50.8 Å². The minimum absolute atomic E-state index is 0.00474. The molecule has 1 aliphatic carbocycles. The van der Waals surface area contributed by atoms with Gasteiger partial charge in [-0.3, -0.25) is 4.90 Å². The second kappa shape index (κ2) is 10.4. The summed E-state index contributed by atoms with van der Waals surface area (Å²) in [7, 11) is -3.52. The van der Waals surface area contributed by atoms with Gasteiger partial charge in [0.2, 0.25) is 5.88 Å². The van der Waals surface area contributed by atoms with Crippen LogP contribution in [0.3, 0.4) is 0 Å². The van der Waals surface area contributed by atoms with Crippen LogP contribution in [0.1, 0.15) is 44.1 Å². The van der Waals surface area contributed by atoms with E-state index in [0.29, 0.717) is 43.3 Å². The maximum absolute atomic E-state index is 14.6. The number of halogens is 1. The Kier molecular flexibility index (Phi) is 7.21. The zero-order valence-electron chi connectivity index (χ0n) is 20.9. The van der Waals surface area contributed by atoms with Crippen molar-refractivity contribution in [1.29, 1.82) is 0 Å². The van der Waals surface area contributed by atoms with Crippen LogP contribution in [0.25, 0.3) is 0 Å². The first-order valence-corrected chi connectivity index (χ1v) is 14.4. The second-order valence-electron chi connectivity index (χ2n) is 9.95. The van der Waals surface area contributed by atoms with E-state index < -0.39 is 15.7 Å². The van der Waals surface area contributed by atoms with Crippen molar-refractivity contribution in [1.82, 2.24) is 14.9 Å². The van der Waals surface area contributed by atoms with Crippen molar-refractivity contribution in [3.05, 3.63) is 35.9 Å². The van der Waals surface area contributed by atoms with Crippen molar-refractivity contribution >= 4 is 27.4 Å². The van der Waals surface area contributed by atoms with E-state index in [2.05, 4.69) is 15.3 Å². The lowest BCUT2D eigenvalue weighted by atomic mass is 9.92. The summed E-state index contributed by atoms with van der Waals surface area (Å²) in [6, 6.07) is 3.37. The first kappa shape index (κ1) is 25.7. The Balaban J connectivity index is 1.27. The van der Waals surface area contributed by atoms with Crippen LogP contribution < -0.4 is 10.1 Å². The summed E-state index contributed by atoms with van der Waals surface area (Å²) in [5, 5.41) is 2.90. The van der Waals surface area contributed by atoms with Crippen LogP contribution in [0.15, 0.2) is 29.4 Å². The topological polar surface area (TPSA) is 120 Å². The number of anilines is 2. The summed E-state index contributed by atoms with van der Waals surface area (Å²) in [4.78, 5) is 23.1. The number of fused-ring (bicyclic) bond motifs is 2. The number of sulfone groups is 1. The second-order valence-corrected chi connectivity index (χ2v) is 12.0. The Morgan fingerprint density at radius 3 is 2.49 bits per heavy atom. The van der Waals surface area contributed by atoms with E-state index in [1.54, 1.807) is 6.92 Å². The summed E-state index contributed by atoms with van der Waals surface area (Å²) in [5.41, 5.74) is 0.666. The highest BCUT2D eigenvalue weighted by molar-refractivity contribution is 7.90. The fraction of sp³-hybridized carbons (Fsp3) is 0.560. The maximum Gasteiger partial charge on any atom is 0.410 e. The lowest BCUT2D eigenvalue weighted by Gasteiger charge is -2.47. The number of morpholine rings is 1. The molecule has 1 aromatic heterocycles. The normalized spacial score (nSPS) is 24.1. The molecule has 3 fully saturated rings. The molecule has 1 N–H and O–H groups in total. The molecule has 2 unspecified atom stereocenters. The van der Waals surface area contributed by atoms with Crippen LogP contribution in [0, 0.1) is 12.7 Å². The predicted octanol–water partition coefficient (Wildman–Crippen LogP) is 3.76. The molecule has 2 atom stereocenters. The molecule has 2 saturated heterocycles. The van der Waals surface area contributed by atoms with E-state index in [0.717, 1.165) is 38.0 Å². The zero-order valence-corrected chi connectivity index (χ0v) is 21.7. The molecule has 1 aromatic carbocycles. The summed E-state index contributed by atoms with van der Waals surface area (Å²) < 4.78 is 55.7. The molecule has 2 aliphatic heterocycles. The number of nitrogens with zero attached hydrogens (tertiary/aromatic N) is 3. The van der Waals surface area contributed by atoms with Gasteiger partial charge >= 0.3 is 6.09 Å². The van der Waals surface area contributed by atoms with Gasteiger partial charge < -0.3 is 19.5 Å². The van der Waals surface area contributed by atoms with E-state index in [-0.39, 0.29) is 41.0 Å². The smallest absolute Gasteiger partial charge is 0.410 e. The molecule has 12 heteroatoms. The number of ether oxygens (including phenoxy) is 3. The molecule has 37 heavy (non-hydrogen) atoms. The van der Waals surface area contributed by atoms with Crippen molar-refractivity contribution in [2.24, 2.45) is 0 Å². The molecule has 2 bridgehead atoms. The van der Waals surface area contributed by atoms with Crippen LogP contribution in [0.4, 0.5) is 20.7 Å². The van der Waals surface area contributed by atoms with E-state index in [4.69, 9.17) is 14.2 Å². The van der Waals surface area contributed by atoms with Gasteiger partial charge in [0.15, 0.2) is 9.84 Å². The van der Waals surface area contributed by atoms with Gasteiger partial charge in [-0.1, -0.05) is 0 Å². The first-order valence-electron chi connectivity index (χ1n) is 12.5. The molecule has 3 aliphatic rings. The summed E-state index contributed by atoms with van der Waals surface area (Å²) in [6.45, 7) is 2.61. The highest BCUT2D eigenvalue weighted by Crippen LogP contribution is 2.34. The maximum atomic E-state index is 14.6. The molecule has 200 valence electrons. The highest BCUT2D eigenvalue weighted by Gasteiger charge is 2.44. The zero-order chi connectivity index (χ0) is 26.2. The first-order chi connectivity index (χ1) is 17.7. The summed E-state index contributed by atoms with van der Waals surface area (Å²) in [6.07, 6.45) is 7.08. The number of amides is 1. The summed E-state index contributed by atoms with van der Waals surface area (Å²) >= 11 is 0. The van der Waals surface area contributed by atoms with Gasteiger partial charge in [-0.15, -0.1) is 0 Å². The molecule has 3 heterocycles.